The molecule has 0 amide bonds. The highest BCUT2D eigenvalue weighted by molar-refractivity contribution is 7.45. The van der Waals surface area contributed by atoms with E-state index in [1.165, 1.54) is 154 Å². The predicted octanol–water partition coefficient (Wildman–Crippen LogP) is 14.1. The molecule has 0 aliphatic rings. The van der Waals surface area contributed by atoms with Gasteiger partial charge in [0.1, 0.15) is 19.8 Å². The van der Waals surface area contributed by atoms with Gasteiger partial charge in [-0.2, -0.15) is 0 Å². The van der Waals surface area contributed by atoms with Gasteiger partial charge in [0, 0.05) is 12.8 Å². The van der Waals surface area contributed by atoms with Gasteiger partial charge in [0.25, 0.3) is 7.82 Å². The Labute approximate surface area is 370 Å². The minimum Gasteiger partial charge on any atom is -0.756 e. The standard InChI is InChI=1S/C50H96NO8P/c1-6-8-10-12-14-16-18-20-22-24-25-27-28-30-32-34-36-38-40-42-49(52)56-46-48(47-58-60(54,55)57-45-44-51(3,4)5)59-50(53)43-41-39-37-35-33-31-29-26-23-21-19-17-15-13-11-9-7-2/h20-23,48H,6-19,24-47H2,1-5H3/b22-20-,23-21-/t48-/m1/s1. The average Bonchev–Trinajstić information content (AvgIpc) is 3.20. The molecule has 0 spiro atoms. The maximum Gasteiger partial charge on any atom is 0.306 e. The Bertz CT molecular complexity index is 1070. The molecule has 0 fully saturated rings. The lowest BCUT2D eigenvalue weighted by molar-refractivity contribution is -0.870. The number of carbonyl (C=O) groups is 2. The van der Waals surface area contributed by atoms with Crippen LogP contribution in [0.4, 0.5) is 0 Å². The van der Waals surface area contributed by atoms with Crippen molar-refractivity contribution >= 4 is 19.8 Å². The minimum atomic E-state index is -4.63. The largest absolute Gasteiger partial charge is 0.756 e. The van der Waals surface area contributed by atoms with E-state index in [2.05, 4.69) is 38.2 Å². The van der Waals surface area contributed by atoms with Crippen molar-refractivity contribution in [3.63, 3.8) is 0 Å². The zero-order valence-corrected chi connectivity index (χ0v) is 40.8. The summed E-state index contributed by atoms with van der Waals surface area (Å²) in [5, 5.41) is 0. The summed E-state index contributed by atoms with van der Waals surface area (Å²) in [6, 6.07) is 0. The van der Waals surface area contributed by atoms with Crippen molar-refractivity contribution in [2.45, 2.75) is 238 Å². The number of esters is 2. The number of hydrogen-bond donors (Lipinski definition) is 0. The number of phosphoric acid groups is 1. The molecule has 2 atom stereocenters. The Hall–Kier alpha value is -1.51. The van der Waals surface area contributed by atoms with Crippen molar-refractivity contribution in [2.24, 2.45) is 0 Å². The molecule has 354 valence electrons. The first kappa shape index (κ1) is 58.5. The SMILES string of the molecule is CCCCCCCC/C=C\CCCCCCCCCCCC(=O)OC[C@H](COP(=O)([O-])OCC[N+](C)(C)C)OC(=O)CCCCCCCCC/C=C\CCCCCCCC. The van der Waals surface area contributed by atoms with E-state index in [4.69, 9.17) is 18.5 Å². The van der Waals surface area contributed by atoms with E-state index in [0.717, 1.165) is 44.9 Å². The van der Waals surface area contributed by atoms with Gasteiger partial charge in [0.2, 0.25) is 0 Å². The number of hydrogen-bond acceptors (Lipinski definition) is 8. The Morgan fingerprint density at radius 1 is 0.500 bits per heavy atom. The number of quaternary nitrogens is 1. The molecule has 0 bridgehead atoms. The predicted molar refractivity (Wildman–Crippen MR) is 250 cm³/mol. The number of allylic oxidation sites excluding steroid dienone is 4. The molecule has 1 unspecified atom stereocenters. The molecule has 0 aliphatic carbocycles. The number of nitrogens with zero attached hydrogens (tertiary/aromatic N) is 1. The molecule has 60 heavy (non-hydrogen) atoms. The van der Waals surface area contributed by atoms with Gasteiger partial charge in [0.05, 0.1) is 27.7 Å². The zero-order chi connectivity index (χ0) is 44.3. The van der Waals surface area contributed by atoms with Crippen LogP contribution < -0.4 is 4.89 Å². The summed E-state index contributed by atoms with van der Waals surface area (Å²) in [6.07, 6.45) is 47.7. The molecule has 0 aromatic carbocycles. The first-order valence-corrected chi connectivity index (χ1v) is 26.5. The number of phosphoric ester groups is 1. The van der Waals surface area contributed by atoms with Gasteiger partial charge in [0.15, 0.2) is 6.10 Å². The van der Waals surface area contributed by atoms with Crippen LogP contribution in [0.3, 0.4) is 0 Å². The summed E-state index contributed by atoms with van der Waals surface area (Å²) >= 11 is 0. The average molecular weight is 870 g/mol. The highest BCUT2D eigenvalue weighted by Gasteiger charge is 2.21. The molecule has 0 rings (SSSR count). The molecule has 0 aromatic rings. The molecule has 9 nitrogen and oxygen atoms in total. The second-order valence-corrected chi connectivity index (χ2v) is 19.6. The van der Waals surface area contributed by atoms with E-state index in [9.17, 15) is 19.0 Å². The van der Waals surface area contributed by atoms with E-state index in [1.54, 1.807) is 0 Å². The molecule has 0 saturated carbocycles. The summed E-state index contributed by atoms with van der Waals surface area (Å²) in [7, 11) is 1.17. The van der Waals surface area contributed by atoms with Crippen molar-refractivity contribution in [1.29, 1.82) is 0 Å². The van der Waals surface area contributed by atoms with E-state index < -0.39 is 26.5 Å². The number of ether oxygens (including phenoxy) is 2. The summed E-state index contributed by atoms with van der Waals surface area (Å²) in [5.74, 6) is -0.833. The molecule has 0 heterocycles. The lowest BCUT2D eigenvalue weighted by Gasteiger charge is -2.28. The summed E-state index contributed by atoms with van der Waals surface area (Å²) < 4.78 is 34.0. The van der Waals surface area contributed by atoms with E-state index in [0.29, 0.717) is 17.4 Å². The van der Waals surface area contributed by atoms with Crippen LogP contribution in [0.5, 0.6) is 0 Å². The number of unbranched alkanes of at least 4 members (excludes halogenated alkanes) is 28. The van der Waals surface area contributed by atoms with Crippen LogP contribution in [-0.4, -0.2) is 70.0 Å². The molecule has 10 heteroatoms. The van der Waals surface area contributed by atoms with Crippen LogP contribution in [0, 0.1) is 0 Å². The summed E-state index contributed by atoms with van der Waals surface area (Å²) in [5.41, 5.74) is 0. The molecule has 0 aliphatic heterocycles. The van der Waals surface area contributed by atoms with Crippen LogP contribution in [0.25, 0.3) is 0 Å². The number of rotatable bonds is 46. The molecule has 0 radical (unpaired) electrons. The van der Waals surface area contributed by atoms with Crippen molar-refractivity contribution in [3.8, 4) is 0 Å². The van der Waals surface area contributed by atoms with Crippen LogP contribution in [0.1, 0.15) is 232 Å². The van der Waals surface area contributed by atoms with Crippen LogP contribution >= 0.6 is 7.82 Å². The van der Waals surface area contributed by atoms with E-state index >= 15 is 0 Å². The third-order valence-corrected chi connectivity index (χ3v) is 11.9. The Balaban J connectivity index is 4.26. The lowest BCUT2D eigenvalue weighted by Crippen LogP contribution is -2.37. The normalized spacial score (nSPS) is 13.6. The molecular weight excluding hydrogens is 774 g/mol. The lowest BCUT2D eigenvalue weighted by atomic mass is 10.1. The quantitative estimate of drug-likeness (QED) is 0.0195. The van der Waals surface area contributed by atoms with Crippen molar-refractivity contribution in [2.75, 3.05) is 47.5 Å². The number of carbonyl (C=O) groups excluding carboxylic acids is 2. The second-order valence-electron chi connectivity index (χ2n) is 18.2. The summed E-state index contributed by atoms with van der Waals surface area (Å²) in [6.45, 7) is 4.24. The Morgan fingerprint density at radius 3 is 1.23 bits per heavy atom. The highest BCUT2D eigenvalue weighted by atomic mass is 31.2. The Morgan fingerprint density at radius 2 is 0.850 bits per heavy atom. The maximum atomic E-state index is 12.7. The third-order valence-electron chi connectivity index (χ3n) is 10.9. The van der Waals surface area contributed by atoms with Gasteiger partial charge >= 0.3 is 11.9 Å². The molecular formula is C50H96NO8P. The summed E-state index contributed by atoms with van der Waals surface area (Å²) in [4.78, 5) is 37.7. The van der Waals surface area contributed by atoms with Gasteiger partial charge < -0.3 is 27.9 Å². The highest BCUT2D eigenvalue weighted by Crippen LogP contribution is 2.38. The van der Waals surface area contributed by atoms with Gasteiger partial charge in [-0.1, -0.05) is 179 Å². The van der Waals surface area contributed by atoms with Gasteiger partial charge in [-0.3, -0.25) is 14.2 Å². The number of likely N-dealkylation sites (N-methyl/N-ethyl adjacent to an activating group) is 1. The monoisotopic (exact) mass is 870 g/mol. The van der Waals surface area contributed by atoms with Gasteiger partial charge in [-0.05, 0) is 64.2 Å². The van der Waals surface area contributed by atoms with Gasteiger partial charge in [-0.15, -0.1) is 0 Å². The van der Waals surface area contributed by atoms with Crippen LogP contribution in [-0.2, 0) is 32.7 Å². The fourth-order valence-electron chi connectivity index (χ4n) is 7.00. The second kappa shape index (κ2) is 42.8. The van der Waals surface area contributed by atoms with Crippen molar-refractivity contribution in [1.82, 2.24) is 0 Å². The topological polar surface area (TPSA) is 111 Å². The molecule has 0 N–H and O–H groups in total. The van der Waals surface area contributed by atoms with Crippen LogP contribution in [0.15, 0.2) is 24.3 Å². The molecule has 0 saturated heterocycles. The third kappa shape index (κ3) is 46.0. The van der Waals surface area contributed by atoms with Crippen LogP contribution in [0.2, 0.25) is 0 Å². The fourth-order valence-corrected chi connectivity index (χ4v) is 7.73. The zero-order valence-electron chi connectivity index (χ0n) is 39.9. The first-order valence-electron chi connectivity index (χ1n) is 25.0. The van der Waals surface area contributed by atoms with Gasteiger partial charge in [-0.25, -0.2) is 0 Å². The smallest absolute Gasteiger partial charge is 0.306 e. The minimum absolute atomic E-state index is 0.0304. The maximum absolute atomic E-state index is 12.7. The molecule has 0 aromatic heterocycles. The van der Waals surface area contributed by atoms with E-state index in [1.807, 2.05) is 21.1 Å². The Kier molecular flexibility index (Phi) is 41.7. The fraction of sp³-hybridized carbons (Fsp3) is 0.880. The van der Waals surface area contributed by atoms with Crippen molar-refractivity contribution in [3.05, 3.63) is 24.3 Å². The van der Waals surface area contributed by atoms with Crippen molar-refractivity contribution < 1.29 is 42.1 Å². The first-order chi connectivity index (χ1) is 29.0. The van der Waals surface area contributed by atoms with E-state index in [-0.39, 0.29) is 32.0 Å².